The maximum Gasteiger partial charge on any atom is 0.126 e. The Hall–Kier alpha value is -1.13. The highest BCUT2D eigenvalue weighted by Crippen LogP contribution is 2.11. The monoisotopic (exact) mass is 255 g/mol. The molecule has 1 rings (SSSR count). The van der Waals surface area contributed by atoms with Gasteiger partial charge in [-0.25, -0.2) is 4.39 Å². The van der Waals surface area contributed by atoms with Gasteiger partial charge < -0.3 is 14.8 Å². The van der Waals surface area contributed by atoms with Gasteiger partial charge in [-0.3, -0.25) is 0 Å². The molecule has 0 aliphatic heterocycles. The fourth-order valence-electron chi connectivity index (χ4n) is 1.42. The van der Waals surface area contributed by atoms with Crippen LogP contribution in [0.5, 0.6) is 5.75 Å². The Morgan fingerprint density at radius 3 is 2.78 bits per heavy atom. The maximum atomic E-state index is 12.8. The van der Waals surface area contributed by atoms with E-state index in [1.165, 1.54) is 12.1 Å². The van der Waals surface area contributed by atoms with Crippen LogP contribution in [0.4, 0.5) is 4.39 Å². The van der Waals surface area contributed by atoms with Gasteiger partial charge in [0.2, 0.25) is 0 Å². The van der Waals surface area contributed by atoms with Crippen LogP contribution >= 0.6 is 0 Å². The quantitative estimate of drug-likeness (QED) is 0.652. The van der Waals surface area contributed by atoms with Crippen molar-refractivity contribution in [2.75, 3.05) is 32.9 Å². The summed E-state index contributed by atoms with van der Waals surface area (Å²) in [6.07, 6.45) is 2.28. The number of unbranched alkanes of at least 4 members (excludes halogenated alkanes) is 1. The third-order valence-electron chi connectivity index (χ3n) is 2.41. The molecule has 1 N–H and O–H groups in total. The molecule has 18 heavy (non-hydrogen) atoms. The van der Waals surface area contributed by atoms with E-state index < -0.39 is 0 Å². The van der Waals surface area contributed by atoms with E-state index in [1.54, 1.807) is 12.1 Å². The largest absolute Gasteiger partial charge is 0.492 e. The summed E-state index contributed by atoms with van der Waals surface area (Å²) in [5.41, 5.74) is 0. The van der Waals surface area contributed by atoms with Crippen LogP contribution < -0.4 is 10.1 Å². The van der Waals surface area contributed by atoms with Crippen LogP contribution in [0, 0.1) is 5.82 Å². The molecule has 0 aliphatic carbocycles. The van der Waals surface area contributed by atoms with Gasteiger partial charge in [-0.2, -0.15) is 0 Å². The van der Waals surface area contributed by atoms with E-state index >= 15 is 0 Å². The molecule has 0 saturated carbocycles. The lowest BCUT2D eigenvalue weighted by molar-refractivity contribution is 0.132. The molecule has 4 heteroatoms. The molecule has 0 spiro atoms. The summed E-state index contributed by atoms with van der Waals surface area (Å²) >= 11 is 0. The first-order chi connectivity index (χ1) is 8.83. The van der Waals surface area contributed by atoms with Gasteiger partial charge >= 0.3 is 0 Å². The molecule has 102 valence electrons. The molecular weight excluding hydrogens is 233 g/mol. The van der Waals surface area contributed by atoms with E-state index in [-0.39, 0.29) is 5.82 Å². The Labute approximate surface area is 108 Å². The van der Waals surface area contributed by atoms with Crippen molar-refractivity contribution in [3.8, 4) is 5.75 Å². The van der Waals surface area contributed by atoms with Crippen LogP contribution in [0.3, 0.4) is 0 Å². The predicted octanol–water partition coefficient (Wildman–Crippen LogP) is 2.61. The lowest BCUT2D eigenvalue weighted by Gasteiger charge is -2.08. The fraction of sp³-hybridized carbons (Fsp3) is 0.571. The third kappa shape index (κ3) is 7.25. The minimum atomic E-state index is -0.273. The van der Waals surface area contributed by atoms with Crippen LogP contribution in [0.25, 0.3) is 0 Å². The predicted molar refractivity (Wildman–Crippen MR) is 70.5 cm³/mol. The Balaban J connectivity index is 1.92. The van der Waals surface area contributed by atoms with E-state index in [9.17, 15) is 4.39 Å². The Bertz CT molecular complexity index is 320. The first-order valence-corrected chi connectivity index (χ1v) is 6.49. The summed E-state index contributed by atoms with van der Waals surface area (Å²) in [6, 6.07) is 6.17. The van der Waals surface area contributed by atoms with Crippen LogP contribution in [0.1, 0.15) is 19.8 Å². The standard InChI is InChI=1S/C14H22FNO2/c1-2-3-9-17-10-7-16-8-11-18-14-6-4-5-13(15)12-14/h4-6,12,16H,2-3,7-11H2,1H3. The number of hydrogen-bond donors (Lipinski definition) is 1. The Morgan fingerprint density at radius 1 is 1.17 bits per heavy atom. The second-order valence-corrected chi connectivity index (χ2v) is 4.02. The smallest absolute Gasteiger partial charge is 0.126 e. The van der Waals surface area contributed by atoms with Gasteiger partial charge in [-0.15, -0.1) is 0 Å². The molecule has 1 aromatic rings. The topological polar surface area (TPSA) is 30.5 Å². The average Bonchev–Trinajstić information content (AvgIpc) is 2.37. The van der Waals surface area contributed by atoms with Gasteiger partial charge in [0.15, 0.2) is 0 Å². The van der Waals surface area contributed by atoms with Gasteiger partial charge in [0, 0.05) is 25.8 Å². The van der Waals surface area contributed by atoms with E-state index in [0.717, 1.165) is 39.1 Å². The molecule has 0 heterocycles. The van der Waals surface area contributed by atoms with Gasteiger partial charge in [-0.05, 0) is 18.6 Å². The Kier molecular flexibility index (Phi) is 8.17. The number of ether oxygens (including phenoxy) is 2. The van der Waals surface area contributed by atoms with Crippen LogP contribution in [0.15, 0.2) is 24.3 Å². The SMILES string of the molecule is CCCCOCCNCCOc1cccc(F)c1. The Morgan fingerprint density at radius 2 is 2.00 bits per heavy atom. The lowest BCUT2D eigenvalue weighted by Crippen LogP contribution is -2.25. The van der Waals surface area contributed by atoms with E-state index in [0.29, 0.717) is 12.4 Å². The number of rotatable bonds is 10. The van der Waals surface area contributed by atoms with Crippen molar-refractivity contribution >= 4 is 0 Å². The first kappa shape index (κ1) is 14.9. The van der Waals surface area contributed by atoms with Crippen molar-refractivity contribution in [3.05, 3.63) is 30.1 Å². The molecule has 0 bridgehead atoms. The summed E-state index contributed by atoms with van der Waals surface area (Å²) in [6.45, 7) is 5.77. The second-order valence-electron chi connectivity index (χ2n) is 4.02. The van der Waals surface area contributed by atoms with Crippen molar-refractivity contribution in [2.24, 2.45) is 0 Å². The molecular formula is C14H22FNO2. The molecule has 0 saturated heterocycles. The molecule has 0 amide bonds. The number of hydrogen-bond acceptors (Lipinski definition) is 3. The molecule has 1 aromatic carbocycles. The molecule has 0 unspecified atom stereocenters. The summed E-state index contributed by atoms with van der Waals surface area (Å²) in [4.78, 5) is 0. The third-order valence-corrected chi connectivity index (χ3v) is 2.41. The second kappa shape index (κ2) is 9.85. The van der Waals surface area contributed by atoms with Crippen molar-refractivity contribution < 1.29 is 13.9 Å². The molecule has 0 fully saturated rings. The molecule has 0 radical (unpaired) electrons. The maximum absolute atomic E-state index is 12.8. The minimum absolute atomic E-state index is 0.273. The highest BCUT2D eigenvalue weighted by Gasteiger charge is 1.95. The molecule has 0 aliphatic rings. The van der Waals surface area contributed by atoms with E-state index in [2.05, 4.69) is 12.2 Å². The molecule has 0 aromatic heterocycles. The normalized spacial score (nSPS) is 10.6. The lowest BCUT2D eigenvalue weighted by atomic mass is 10.3. The average molecular weight is 255 g/mol. The van der Waals surface area contributed by atoms with E-state index in [1.807, 2.05) is 0 Å². The first-order valence-electron chi connectivity index (χ1n) is 6.49. The molecule has 3 nitrogen and oxygen atoms in total. The van der Waals surface area contributed by atoms with Crippen LogP contribution in [-0.4, -0.2) is 32.9 Å². The van der Waals surface area contributed by atoms with Gasteiger partial charge in [0.05, 0.1) is 6.61 Å². The zero-order valence-electron chi connectivity index (χ0n) is 11.0. The van der Waals surface area contributed by atoms with Gasteiger partial charge in [-0.1, -0.05) is 19.4 Å². The van der Waals surface area contributed by atoms with Crippen molar-refractivity contribution in [3.63, 3.8) is 0 Å². The van der Waals surface area contributed by atoms with Crippen molar-refractivity contribution in [1.82, 2.24) is 5.32 Å². The fourth-order valence-corrected chi connectivity index (χ4v) is 1.42. The van der Waals surface area contributed by atoms with Gasteiger partial charge in [0.25, 0.3) is 0 Å². The highest BCUT2D eigenvalue weighted by molar-refractivity contribution is 5.22. The zero-order chi connectivity index (χ0) is 13.1. The number of halogens is 1. The summed E-state index contributed by atoms with van der Waals surface area (Å²) < 4.78 is 23.6. The van der Waals surface area contributed by atoms with Gasteiger partial charge in [0.1, 0.15) is 18.2 Å². The van der Waals surface area contributed by atoms with Crippen LogP contribution in [0.2, 0.25) is 0 Å². The van der Waals surface area contributed by atoms with E-state index in [4.69, 9.17) is 9.47 Å². The summed E-state index contributed by atoms with van der Waals surface area (Å²) in [5.74, 6) is 0.292. The van der Waals surface area contributed by atoms with Crippen LogP contribution in [-0.2, 0) is 4.74 Å². The zero-order valence-corrected chi connectivity index (χ0v) is 11.0. The number of benzene rings is 1. The van der Waals surface area contributed by atoms with Crippen molar-refractivity contribution in [2.45, 2.75) is 19.8 Å². The molecule has 0 atom stereocenters. The number of nitrogens with one attached hydrogen (secondary N) is 1. The summed E-state index contributed by atoms with van der Waals surface area (Å²) in [7, 11) is 0. The minimum Gasteiger partial charge on any atom is -0.492 e. The summed E-state index contributed by atoms with van der Waals surface area (Å²) in [5, 5.41) is 3.20. The highest BCUT2D eigenvalue weighted by atomic mass is 19.1. The van der Waals surface area contributed by atoms with Crippen molar-refractivity contribution in [1.29, 1.82) is 0 Å².